The average molecular weight is 376 g/mol. The lowest BCUT2D eigenvalue weighted by molar-refractivity contribution is 0.0951. The van der Waals surface area contributed by atoms with Crippen LogP contribution in [0.5, 0.6) is 0 Å². The normalized spacial score (nSPS) is 13.2. The quantitative estimate of drug-likeness (QED) is 0.438. The maximum atomic E-state index is 11.9. The van der Waals surface area contributed by atoms with Crippen molar-refractivity contribution in [2.75, 3.05) is 19.7 Å². The Bertz CT molecular complexity index is 735. The van der Waals surface area contributed by atoms with E-state index in [1.54, 1.807) is 12.1 Å². The monoisotopic (exact) mass is 376 g/mol. The zero-order valence-electron chi connectivity index (χ0n) is 14.9. The fourth-order valence-corrected chi connectivity index (χ4v) is 3.16. The summed E-state index contributed by atoms with van der Waals surface area (Å²) in [5, 5.41) is 5.30. The third kappa shape index (κ3) is 7.50. The van der Waals surface area contributed by atoms with E-state index in [0.717, 1.165) is 11.1 Å². The SMILES string of the molecule is Cc1ccc(C(=O)NCCCOP(=O)(O)NCCc2ccccc2)cc1. The number of rotatable bonds is 10. The smallest absolute Gasteiger partial charge is 0.352 e. The van der Waals surface area contributed by atoms with Gasteiger partial charge in [0.1, 0.15) is 0 Å². The van der Waals surface area contributed by atoms with Gasteiger partial charge < -0.3 is 10.2 Å². The van der Waals surface area contributed by atoms with Gasteiger partial charge in [-0.05, 0) is 37.5 Å². The molecule has 1 atom stereocenters. The number of aryl methyl sites for hydroxylation is 1. The molecule has 0 saturated heterocycles. The van der Waals surface area contributed by atoms with E-state index in [-0.39, 0.29) is 12.5 Å². The molecule has 0 spiro atoms. The van der Waals surface area contributed by atoms with Crippen LogP contribution in [0.3, 0.4) is 0 Å². The van der Waals surface area contributed by atoms with Crippen molar-refractivity contribution in [2.24, 2.45) is 0 Å². The Morgan fingerprint density at radius 3 is 2.46 bits per heavy atom. The van der Waals surface area contributed by atoms with Gasteiger partial charge in [0.25, 0.3) is 5.91 Å². The molecule has 2 rings (SSSR count). The molecule has 26 heavy (non-hydrogen) atoms. The molecule has 1 amide bonds. The summed E-state index contributed by atoms with van der Waals surface area (Å²) >= 11 is 0. The minimum atomic E-state index is -3.82. The summed E-state index contributed by atoms with van der Waals surface area (Å²) in [7, 11) is -3.82. The van der Waals surface area contributed by atoms with E-state index >= 15 is 0 Å². The molecule has 2 aromatic carbocycles. The van der Waals surface area contributed by atoms with E-state index in [9.17, 15) is 14.3 Å². The minimum absolute atomic E-state index is 0.0836. The number of amides is 1. The minimum Gasteiger partial charge on any atom is -0.352 e. The molecule has 0 aliphatic rings. The second kappa shape index (κ2) is 10.2. The van der Waals surface area contributed by atoms with Gasteiger partial charge in [-0.3, -0.25) is 9.32 Å². The second-order valence-corrected chi connectivity index (χ2v) is 7.59. The molecule has 0 bridgehead atoms. The highest BCUT2D eigenvalue weighted by molar-refractivity contribution is 7.50. The van der Waals surface area contributed by atoms with Crippen molar-refractivity contribution >= 4 is 13.7 Å². The van der Waals surface area contributed by atoms with Gasteiger partial charge in [-0.15, -0.1) is 0 Å². The van der Waals surface area contributed by atoms with Crippen LogP contribution in [0.15, 0.2) is 54.6 Å². The summed E-state index contributed by atoms with van der Waals surface area (Å²) in [6, 6.07) is 17.0. The lowest BCUT2D eigenvalue weighted by Crippen LogP contribution is -2.25. The van der Waals surface area contributed by atoms with E-state index in [4.69, 9.17) is 4.52 Å². The molecular formula is C19H25N2O4P. The number of carbonyl (C=O) groups excluding carboxylic acids is 1. The molecule has 0 heterocycles. The van der Waals surface area contributed by atoms with Crippen molar-refractivity contribution < 1.29 is 18.8 Å². The van der Waals surface area contributed by atoms with Crippen molar-refractivity contribution in [3.05, 3.63) is 71.3 Å². The lowest BCUT2D eigenvalue weighted by Gasteiger charge is -2.13. The van der Waals surface area contributed by atoms with Crippen LogP contribution in [-0.4, -0.2) is 30.5 Å². The fraction of sp³-hybridized carbons (Fsp3) is 0.316. The molecule has 7 heteroatoms. The van der Waals surface area contributed by atoms with Crippen molar-refractivity contribution in [2.45, 2.75) is 19.8 Å². The molecule has 140 valence electrons. The van der Waals surface area contributed by atoms with Crippen LogP contribution in [-0.2, 0) is 15.5 Å². The van der Waals surface area contributed by atoms with Crippen LogP contribution in [0.1, 0.15) is 27.9 Å². The zero-order valence-corrected chi connectivity index (χ0v) is 15.7. The van der Waals surface area contributed by atoms with E-state index in [1.807, 2.05) is 49.4 Å². The Morgan fingerprint density at radius 1 is 1.08 bits per heavy atom. The average Bonchev–Trinajstić information content (AvgIpc) is 2.62. The highest BCUT2D eigenvalue weighted by atomic mass is 31.2. The summed E-state index contributed by atoms with van der Waals surface area (Å²) in [6.45, 7) is 2.76. The molecule has 0 fully saturated rings. The van der Waals surface area contributed by atoms with Gasteiger partial charge in [-0.2, -0.15) is 0 Å². The molecule has 0 aliphatic heterocycles. The topological polar surface area (TPSA) is 87.7 Å². The van der Waals surface area contributed by atoms with Gasteiger partial charge in [-0.1, -0.05) is 48.0 Å². The number of hydrogen-bond donors (Lipinski definition) is 3. The fourth-order valence-electron chi connectivity index (χ4n) is 2.30. The number of nitrogens with one attached hydrogen (secondary N) is 2. The zero-order chi connectivity index (χ0) is 18.8. The molecule has 6 nitrogen and oxygen atoms in total. The number of carbonyl (C=O) groups is 1. The van der Waals surface area contributed by atoms with Crippen LogP contribution in [0, 0.1) is 6.92 Å². The second-order valence-electron chi connectivity index (χ2n) is 5.97. The predicted octanol–water partition coefficient (Wildman–Crippen LogP) is 3.06. The third-order valence-corrected chi connectivity index (χ3v) is 4.91. The molecule has 1 unspecified atom stereocenters. The summed E-state index contributed by atoms with van der Waals surface area (Å²) in [4.78, 5) is 21.7. The predicted molar refractivity (Wildman–Crippen MR) is 102 cm³/mol. The van der Waals surface area contributed by atoms with Gasteiger partial charge in [0.05, 0.1) is 6.61 Å². The maximum Gasteiger partial charge on any atom is 0.402 e. The Hall–Kier alpha value is -1.98. The van der Waals surface area contributed by atoms with E-state index in [2.05, 4.69) is 10.4 Å². The van der Waals surface area contributed by atoms with Gasteiger partial charge in [0.2, 0.25) is 0 Å². The Morgan fingerprint density at radius 2 is 1.77 bits per heavy atom. The summed E-state index contributed by atoms with van der Waals surface area (Å²) in [6.07, 6.45) is 1.09. The summed E-state index contributed by atoms with van der Waals surface area (Å²) in [5.74, 6) is -0.168. The molecule has 0 aromatic heterocycles. The van der Waals surface area contributed by atoms with Crippen LogP contribution in [0.4, 0.5) is 0 Å². The Labute approximate surface area is 154 Å². The van der Waals surface area contributed by atoms with Crippen LogP contribution >= 0.6 is 7.75 Å². The third-order valence-electron chi connectivity index (χ3n) is 3.75. The first-order valence-electron chi connectivity index (χ1n) is 8.57. The van der Waals surface area contributed by atoms with Crippen molar-refractivity contribution in [3.8, 4) is 0 Å². The lowest BCUT2D eigenvalue weighted by atomic mass is 10.1. The first-order valence-corrected chi connectivity index (χ1v) is 10.2. The van der Waals surface area contributed by atoms with E-state index in [1.165, 1.54) is 0 Å². The number of hydrogen-bond acceptors (Lipinski definition) is 3. The largest absolute Gasteiger partial charge is 0.402 e. The summed E-state index contributed by atoms with van der Waals surface area (Å²) < 4.78 is 16.9. The standard InChI is InChI=1S/C19H25N2O4P/c1-16-8-10-18(11-9-16)19(22)20-13-5-15-25-26(23,24)21-14-12-17-6-3-2-4-7-17/h2-4,6-11H,5,12-15H2,1H3,(H,20,22)(H2,21,23,24). The maximum absolute atomic E-state index is 11.9. The molecule has 0 aliphatic carbocycles. The highest BCUT2D eigenvalue weighted by Crippen LogP contribution is 2.36. The van der Waals surface area contributed by atoms with Crippen LogP contribution < -0.4 is 10.4 Å². The molecular weight excluding hydrogens is 351 g/mol. The Kier molecular flexibility index (Phi) is 8.01. The highest BCUT2D eigenvalue weighted by Gasteiger charge is 2.17. The van der Waals surface area contributed by atoms with Crippen molar-refractivity contribution in [3.63, 3.8) is 0 Å². The van der Waals surface area contributed by atoms with E-state index < -0.39 is 7.75 Å². The number of benzene rings is 2. The Balaban J connectivity index is 1.59. The van der Waals surface area contributed by atoms with Gasteiger partial charge >= 0.3 is 7.75 Å². The van der Waals surface area contributed by atoms with Gasteiger partial charge in [0, 0.05) is 18.7 Å². The molecule has 0 radical (unpaired) electrons. The van der Waals surface area contributed by atoms with E-state index in [0.29, 0.717) is 31.5 Å². The van der Waals surface area contributed by atoms with Crippen LogP contribution in [0.25, 0.3) is 0 Å². The van der Waals surface area contributed by atoms with Gasteiger partial charge in [0.15, 0.2) is 0 Å². The first-order chi connectivity index (χ1) is 12.5. The first kappa shape index (κ1) is 20.3. The van der Waals surface area contributed by atoms with Gasteiger partial charge in [-0.25, -0.2) is 9.65 Å². The molecule has 0 saturated carbocycles. The molecule has 3 N–H and O–H groups in total. The van der Waals surface area contributed by atoms with Crippen LogP contribution in [0.2, 0.25) is 0 Å². The van der Waals surface area contributed by atoms with Crippen molar-refractivity contribution in [1.29, 1.82) is 0 Å². The summed E-state index contributed by atoms with van der Waals surface area (Å²) in [5.41, 5.74) is 2.76. The molecule has 2 aromatic rings. The van der Waals surface area contributed by atoms with Crippen molar-refractivity contribution in [1.82, 2.24) is 10.4 Å².